The standard InChI is InChI=1S/C16H28O7/c1-3-5-6-8-11(7-4-2)10-23-16(22)14(19)12(15(20)21)9-13(17)18/h11-12,14,19H,3-10H2,1-2H3,(H,17,18)(H,20,21). The third-order valence-electron chi connectivity index (χ3n) is 3.71. The van der Waals surface area contributed by atoms with Crippen LogP contribution < -0.4 is 0 Å². The molecular weight excluding hydrogens is 304 g/mol. The molecule has 0 aliphatic carbocycles. The lowest BCUT2D eigenvalue weighted by atomic mass is 9.97. The molecule has 23 heavy (non-hydrogen) atoms. The first-order chi connectivity index (χ1) is 10.8. The van der Waals surface area contributed by atoms with E-state index in [9.17, 15) is 19.5 Å². The van der Waals surface area contributed by atoms with E-state index in [4.69, 9.17) is 14.9 Å². The predicted molar refractivity (Wildman–Crippen MR) is 82.9 cm³/mol. The molecule has 7 nitrogen and oxygen atoms in total. The number of esters is 1. The molecule has 0 amide bonds. The second kappa shape index (κ2) is 11.9. The van der Waals surface area contributed by atoms with Gasteiger partial charge in [0.1, 0.15) is 5.92 Å². The number of aliphatic hydroxyl groups is 1. The Morgan fingerprint density at radius 3 is 2.13 bits per heavy atom. The van der Waals surface area contributed by atoms with E-state index in [0.29, 0.717) is 0 Å². The van der Waals surface area contributed by atoms with Crippen LogP contribution in [-0.4, -0.2) is 45.9 Å². The van der Waals surface area contributed by atoms with Gasteiger partial charge >= 0.3 is 17.9 Å². The Morgan fingerprint density at radius 2 is 1.65 bits per heavy atom. The average Bonchev–Trinajstić information content (AvgIpc) is 2.49. The topological polar surface area (TPSA) is 121 Å². The predicted octanol–water partition coefficient (Wildman–Crippen LogP) is 2.06. The van der Waals surface area contributed by atoms with Crippen LogP contribution in [-0.2, 0) is 19.1 Å². The largest absolute Gasteiger partial charge is 0.481 e. The van der Waals surface area contributed by atoms with Crippen LogP contribution >= 0.6 is 0 Å². The number of unbranched alkanes of at least 4 members (excludes halogenated alkanes) is 2. The molecule has 0 fully saturated rings. The third-order valence-corrected chi connectivity index (χ3v) is 3.71. The van der Waals surface area contributed by atoms with E-state index in [2.05, 4.69) is 6.92 Å². The van der Waals surface area contributed by atoms with Crippen molar-refractivity contribution in [2.75, 3.05) is 6.61 Å². The molecule has 0 rings (SSSR count). The highest BCUT2D eigenvalue weighted by atomic mass is 16.5. The molecule has 134 valence electrons. The molecule has 0 heterocycles. The van der Waals surface area contributed by atoms with E-state index >= 15 is 0 Å². The maximum atomic E-state index is 11.8. The first kappa shape index (κ1) is 21.4. The summed E-state index contributed by atoms with van der Waals surface area (Å²) in [5.41, 5.74) is 0. The van der Waals surface area contributed by atoms with Gasteiger partial charge in [-0.05, 0) is 18.8 Å². The summed E-state index contributed by atoms with van der Waals surface area (Å²) in [5.74, 6) is -5.54. The van der Waals surface area contributed by atoms with Crippen LogP contribution in [0.15, 0.2) is 0 Å². The summed E-state index contributed by atoms with van der Waals surface area (Å²) in [6.45, 7) is 4.24. The zero-order valence-electron chi connectivity index (χ0n) is 13.9. The van der Waals surface area contributed by atoms with Crippen LogP contribution in [0.25, 0.3) is 0 Å². The molecule has 0 aromatic rings. The molecule has 0 aromatic carbocycles. The lowest BCUT2D eigenvalue weighted by molar-refractivity contribution is -0.167. The van der Waals surface area contributed by atoms with Crippen LogP contribution in [0.5, 0.6) is 0 Å². The van der Waals surface area contributed by atoms with Gasteiger partial charge in [0, 0.05) is 0 Å². The van der Waals surface area contributed by atoms with Gasteiger partial charge in [0.2, 0.25) is 0 Å². The Morgan fingerprint density at radius 1 is 1.00 bits per heavy atom. The van der Waals surface area contributed by atoms with Crippen molar-refractivity contribution >= 4 is 17.9 Å². The quantitative estimate of drug-likeness (QED) is 0.348. The molecular formula is C16H28O7. The summed E-state index contributed by atoms with van der Waals surface area (Å²) in [7, 11) is 0. The van der Waals surface area contributed by atoms with Gasteiger partial charge in [-0.25, -0.2) is 4.79 Å². The number of hydrogen-bond acceptors (Lipinski definition) is 5. The number of aliphatic carboxylic acids is 2. The molecule has 0 saturated carbocycles. The summed E-state index contributed by atoms with van der Waals surface area (Å²) in [5, 5.41) is 27.3. The van der Waals surface area contributed by atoms with Crippen molar-refractivity contribution in [2.24, 2.45) is 11.8 Å². The van der Waals surface area contributed by atoms with E-state index in [1.165, 1.54) is 0 Å². The Kier molecular flexibility index (Phi) is 11.0. The van der Waals surface area contributed by atoms with E-state index in [1.807, 2.05) is 6.92 Å². The van der Waals surface area contributed by atoms with E-state index in [1.54, 1.807) is 0 Å². The zero-order chi connectivity index (χ0) is 17.8. The van der Waals surface area contributed by atoms with Gasteiger partial charge in [0.25, 0.3) is 0 Å². The lowest BCUT2D eigenvalue weighted by Crippen LogP contribution is -2.38. The Balaban J connectivity index is 4.50. The smallest absolute Gasteiger partial charge is 0.335 e. The summed E-state index contributed by atoms with van der Waals surface area (Å²) < 4.78 is 5.02. The summed E-state index contributed by atoms with van der Waals surface area (Å²) >= 11 is 0. The number of carboxylic acids is 2. The third kappa shape index (κ3) is 9.18. The maximum Gasteiger partial charge on any atom is 0.335 e. The van der Waals surface area contributed by atoms with Gasteiger partial charge in [0.05, 0.1) is 13.0 Å². The van der Waals surface area contributed by atoms with Crippen LogP contribution in [0.4, 0.5) is 0 Å². The fourth-order valence-electron chi connectivity index (χ4n) is 2.37. The second-order valence-electron chi connectivity index (χ2n) is 5.77. The Bertz CT molecular complexity index is 381. The van der Waals surface area contributed by atoms with Gasteiger partial charge in [-0.15, -0.1) is 0 Å². The normalized spacial score (nSPS) is 14.7. The number of aliphatic hydroxyl groups excluding tert-OH is 1. The van der Waals surface area contributed by atoms with Gasteiger partial charge in [-0.3, -0.25) is 9.59 Å². The minimum atomic E-state index is -1.97. The van der Waals surface area contributed by atoms with Crippen molar-refractivity contribution in [1.82, 2.24) is 0 Å². The molecule has 0 saturated heterocycles. The van der Waals surface area contributed by atoms with Gasteiger partial charge in [0.15, 0.2) is 6.10 Å². The second-order valence-corrected chi connectivity index (χ2v) is 5.77. The fraction of sp³-hybridized carbons (Fsp3) is 0.812. The molecule has 3 N–H and O–H groups in total. The van der Waals surface area contributed by atoms with Crippen LogP contribution in [0.3, 0.4) is 0 Å². The van der Waals surface area contributed by atoms with Gasteiger partial charge in [-0.2, -0.15) is 0 Å². The number of carbonyl (C=O) groups is 3. The van der Waals surface area contributed by atoms with Crippen molar-refractivity contribution in [3.63, 3.8) is 0 Å². The molecule has 0 aliphatic heterocycles. The molecule has 3 unspecified atom stereocenters. The molecule has 0 aromatic heterocycles. The molecule has 0 spiro atoms. The molecule has 3 atom stereocenters. The molecule has 7 heteroatoms. The fourth-order valence-corrected chi connectivity index (χ4v) is 2.37. The zero-order valence-corrected chi connectivity index (χ0v) is 13.9. The number of hydrogen-bond donors (Lipinski definition) is 3. The Labute approximate surface area is 136 Å². The SMILES string of the molecule is CCCCCC(CCC)COC(=O)C(O)C(CC(=O)O)C(=O)O. The van der Waals surface area contributed by atoms with Crippen molar-refractivity contribution in [1.29, 1.82) is 0 Å². The molecule has 0 radical (unpaired) electrons. The summed E-state index contributed by atoms with van der Waals surface area (Å²) in [4.78, 5) is 33.4. The van der Waals surface area contributed by atoms with Crippen LogP contribution in [0.1, 0.15) is 58.8 Å². The minimum absolute atomic E-state index is 0.118. The van der Waals surface area contributed by atoms with Crippen molar-refractivity contribution in [2.45, 2.75) is 64.9 Å². The monoisotopic (exact) mass is 332 g/mol. The highest BCUT2D eigenvalue weighted by Gasteiger charge is 2.35. The van der Waals surface area contributed by atoms with Crippen molar-refractivity contribution in [3.05, 3.63) is 0 Å². The van der Waals surface area contributed by atoms with Gasteiger partial charge in [-0.1, -0.05) is 39.5 Å². The summed E-state index contributed by atoms with van der Waals surface area (Å²) in [6.07, 6.45) is 3.13. The van der Waals surface area contributed by atoms with Gasteiger partial charge < -0.3 is 20.1 Å². The van der Waals surface area contributed by atoms with Crippen molar-refractivity contribution < 1.29 is 34.4 Å². The van der Waals surface area contributed by atoms with Crippen molar-refractivity contribution in [3.8, 4) is 0 Å². The molecule has 0 bridgehead atoms. The van der Waals surface area contributed by atoms with Crippen LogP contribution in [0.2, 0.25) is 0 Å². The number of carboxylic acid groups (broad SMARTS) is 2. The van der Waals surface area contributed by atoms with E-state index in [0.717, 1.165) is 38.5 Å². The number of rotatable bonds is 13. The van der Waals surface area contributed by atoms with Crippen LogP contribution in [0, 0.1) is 11.8 Å². The summed E-state index contributed by atoms with van der Waals surface area (Å²) in [6, 6.07) is 0. The van der Waals surface area contributed by atoms with E-state index in [-0.39, 0.29) is 12.5 Å². The minimum Gasteiger partial charge on any atom is -0.481 e. The maximum absolute atomic E-state index is 11.8. The highest BCUT2D eigenvalue weighted by molar-refractivity contribution is 5.85. The van der Waals surface area contributed by atoms with E-state index < -0.39 is 36.4 Å². The lowest BCUT2D eigenvalue weighted by Gasteiger charge is -2.20. The number of carbonyl (C=O) groups excluding carboxylic acids is 1. The first-order valence-electron chi connectivity index (χ1n) is 8.12. The molecule has 0 aliphatic rings. The Hall–Kier alpha value is -1.63. The number of ether oxygens (including phenoxy) is 1. The first-order valence-corrected chi connectivity index (χ1v) is 8.12. The average molecular weight is 332 g/mol. The highest BCUT2D eigenvalue weighted by Crippen LogP contribution is 2.18.